The highest BCUT2D eigenvalue weighted by molar-refractivity contribution is 14.1. The third kappa shape index (κ3) is 2.28. The summed E-state index contributed by atoms with van der Waals surface area (Å²) in [6, 6.07) is 5.43. The van der Waals surface area contributed by atoms with Crippen molar-refractivity contribution in [3.63, 3.8) is 0 Å². The predicted molar refractivity (Wildman–Crippen MR) is 70.3 cm³/mol. The molecule has 5 heteroatoms. The van der Waals surface area contributed by atoms with Gasteiger partial charge in [-0.05, 0) is 56.7 Å². The summed E-state index contributed by atoms with van der Waals surface area (Å²) < 4.78 is 3.11. The van der Waals surface area contributed by atoms with Crippen LogP contribution >= 0.6 is 38.5 Å². The molecular formula is C10H6BrIN2O. The molecule has 0 aliphatic carbocycles. The molecule has 2 aromatic rings. The minimum atomic E-state index is -0.0354. The Hall–Kier alpha value is -0.690. The Morgan fingerprint density at radius 2 is 2.27 bits per heavy atom. The van der Waals surface area contributed by atoms with Gasteiger partial charge in [-0.25, -0.2) is 0 Å². The maximum atomic E-state index is 11.8. The molecule has 0 radical (unpaired) electrons. The van der Waals surface area contributed by atoms with Gasteiger partial charge in [0.2, 0.25) is 0 Å². The maximum Gasteiger partial charge on any atom is 0.268 e. The second kappa shape index (κ2) is 4.44. The van der Waals surface area contributed by atoms with Gasteiger partial charge in [-0.3, -0.25) is 14.3 Å². The number of nitrogens with zero attached hydrogens (tertiary/aromatic N) is 2. The van der Waals surface area contributed by atoms with Crippen molar-refractivity contribution in [3.8, 4) is 5.69 Å². The van der Waals surface area contributed by atoms with Gasteiger partial charge in [-0.1, -0.05) is 0 Å². The topological polar surface area (TPSA) is 34.9 Å². The Morgan fingerprint density at radius 3 is 2.93 bits per heavy atom. The van der Waals surface area contributed by atoms with Gasteiger partial charge in [0.05, 0.1) is 15.5 Å². The molecule has 0 saturated carbocycles. The minimum Gasteiger partial charge on any atom is -0.281 e. The number of hydrogen-bond donors (Lipinski definition) is 0. The third-order valence-corrected chi connectivity index (χ3v) is 3.07. The number of hydrogen-bond acceptors (Lipinski definition) is 2. The van der Waals surface area contributed by atoms with Crippen LogP contribution in [-0.4, -0.2) is 9.55 Å². The van der Waals surface area contributed by atoms with Gasteiger partial charge in [0, 0.05) is 16.9 Å². The van der Waals surface area contributed by atoms with Crippen molar-refractivity contribution in [1.82, 2.24) is 9.55 Å². The summed E-state index contributed by atoms with van der Waals surface area (Å²) in [4.78, 5) is 15.8. The molecule has 2 heterocycles. The zero-order valence-electron chi connectivity index (χ0n) is 7.52. The van der Waals surface area contributed by atoms with Crippen LogP contribution in [0.5, 0.6) is 0 Å². The van der Waals surface area contributed by atoms with E-state index in [2.05, 4.69) is 20.9 Å². The lowest BCUT2D eigenvalue weighted by molar-refractivity contribution is 0.961. The molecule has 3 nitrogen and oxygen atoms in total. The Kier molecular flexibility index (Phi) is 3.20. The van der Waals surface area contributed by atoms with Crippen molar-refractivity contribution in [2.75, 3.05) is 0 Å². The van der Waals surface area contributed by atoms with Crippen LogP contribution in [0.4, 0.5) is 0 Å². The smallest absolute Gasteiger partial charge is 0.268 e. The summed E-state index contributed by atoms with van der Waals surface area (Å²) in [5, 5.41) is 0. The fourth-order valence-corrected chi connectivity index (χ4v) is 2.66. The summed E-state index contributed by atoms with van der Waals surface area (Å²) in [5.74, 6) is 0. The van der Waals surface area contributed by atoms with Crippen molar-refractivity contribution >= 4 is 38.5 Å². The molecule has 0 aliphatic heterocycles. The van der Waals surface area contributed by atoms with Crippen LogP contribution in [0.15, 0.2) is 46.1 Å². The second-order valence-corrected chi connectivity index (χ2v) is 4.97. The molecule has 0 unspecified atom stereocenters. The van der Waals surface area contributed by atoms with E-state index in [0.717, 1.165) is 10.2 Å². The molecular weight excluding hydrogens is 371 g/mol. The lowest BCUT2D eigenvalue weighted by atomic mass is 10.4. The van der Waals surface area contributed by atoms with Crippen molar-refractivity contribution in [2.45, 2.75) is 0 Å². The Labute approximate surface area is 108 Å². The van der Waals surface area contributed by atoms with E-state index in [4.69, 9.17) is 0 Å². The summed E-state index contributed by atoms with van der Waals surface area (Å²) >= 11 is 5.38. The van der Waals surface area contributed by atoms with Crippen LogP contribution in [0.2, 0.25) is 0 Å². The highest BCUT2D eigenvalue weighted by Gasteiger charge is 2.04. The first-order chi connectivity index (χ1) is 7.18. The lowest BCUT2D eigenvalue weighted by Gasteiger charge is -2.05. The van der Waals surface area contributed by atoms with Crippen molar-refractivity contribution in [2.24, 2.45) is 0 Å². The van der Waals surface area contributed by atoms with Gasteiger partial charge < -0.3 is 0 Å². The van der Waals surface area contributed by atoms with Crippen LogP contribution in [0.3, 0.4) is 0 Å². The van der Waals surface area contributed by atoms with E-state index in [1.54, 1.807) is 35.3 Å². The SMILES string of the molecule is O=c1c(I)cc(Br)cn1-c1cccnc1. The van der Waals surface area contributed by atoms with Gasteiger partial charge in [-0.2, -0.15) is 0 Å². The van der Waals surface area contributed by atoms with Crippen LogP contribution in [0.1, 0.15) is 0 Å². The van der Waals surface area contributed by atoms with E-state index in [-0.39, 0.29) is 5.56 Å². The molecule has 0 saturated heterocycles. The molecule has 0 atom stereocenters. The fourth-order valence-electron chi connectivity index (χ4n) is 1.21. The molecule has 0 spiro atoms. The molecule has 0 amide bonds. The van der Waals surface area contributed by atoms with E-state index in [9.17, 15) is 4.79 Å². The second-order valence-electron chi connectivity index (χ2n) is 2.89. The number of pyridine rings is 2. The molecule has 0 aliphatic rings. The zero-order chi connectivity index (χ0) is 10.8. The molecule has 0 N–H and O–H groups in total. The van der Waals surface area contributed by atoms with E-state index in [1.807, 2.05) is 28.7 Å². The highest BCUT2D eigenvalue weighted by atomic mass is 127. The van der Waals surface area contributed by atoms with E-state index in [0.29, 0.717) is 3.57 Å². The van der Waals surface area contributed by atoms with Gasteiger partial charge >= 0.3 is 0 Å². The quantitative estimate of drug-likeness (QED) is 0.717. The molecule has 76 valence electrons. The largest absolute Gasteiger partial charge is 0.281 e. The molecule has 15 heavy (non-hydrogen) atoms. The standard InChI is InChI=1S/C10H6BrIN2O/c11-7-4-9(12)10(15)14(6-7)8-2-1-3-13-5-8/h1-6H. The number of rotatable bonds is 1. The molecule has 2 rings (SSSR count). The van der Waals surface area contributed by atoms with Crippen molar-refractivity contribution < 1.29 is 0 Å². The summed E-state index contributed by atoms with van der Waals surface area (Å²) in [6.07, 6.45) is 5.07. The molecule has 2 aromatic heterocycles. The van der Waals surface area contributed by atoms with Crippen LogP contribution in [0.25, 0.3) is 5.69 Å². The van der Waals surface area contributed by atoms with E-state index >= 15 is 0 Å². The monoisotopic (exact) mass is 376 g/mol. The van der Waals surface area contributed by atoms with Crippen LogP contribution in [0, 0.1) is 3.57 Å². The minimum absolute atomic E-state index is 0.0354. The van der Waals surface area contributed by atoms with E-state index < -0.39 is 0 Å². The third-order valence-electron chi connectivity index (χ3n) is 1.86. The summed E-state index contributed by atoms with van der Waals surface area (Å²) in [5.41, 5.74) is 0.730. The first-order valence-electron chi connectivity index (χ1n) is 4.16. The summed E-state index contributed by atoms with van der Waals surface area (Å²) in [7, 11) is 0. The Morgan fingerprint density at radius 1 is 1.47 bits per heavy atom. The normalized spacial score (nSPS) is 10.3. The Bertz CT molecular complexity index is 539. The molecule has 0 fully saturated rings. The maximum absolute atomic E-state index is 11.8. The van der Waals surface area contributed by atoms with Crippen molar-refractivity contribution in [3.05, 3.63) is 55.2 Å². The van der Waals surface area contributed by atoms with Crippen molar-refractivity contribution in [1.29, 1.82) is 0 Å². The zero-order valence-corrected chi connectivity index (χ0v) is 11.3. The predicted octanol–water partition coefficient (Wildman–Crippen LogP) is 2.60. The fraction of sp³-hybridized carbons (Fsp3) is 0. The molecule has 0 bridgehead atoms. The average molecular weight is 377 g/mol. The number of halogens is 2. The molecule has 0 aromatic carbocycles. The average Bonchev–Trinajstić information content (AvgIpc) is 2.24. The van der Waals surface area contributed by atoms with Gasteiger partial charge in [0.15, 0.2) is 0 Å². The van der Waals surface area contributed by atoms with E-state index in [1.165, 1.54) is 0 Å². The summed E-state index contributed by atoms with van der Waals surface area (Å²) in [6.45, 7) is 0. The lowest BCUT2D eigenvalue weighted by Crippen LogP contribution is -2.20. The van der Waals surface area contributed by atoms with Crippen LogP contribution < -0.4 is 5.56 Å². The van der Waals surface area contributed by atoms with Crippen LogP contribution in [-0.2, 0) is 0 Å². The number of aromatic nitrogens is 2. The first-order valence-corrected chi connectivity index (χ1v) is 6.04. The Balaban J connectivity index is 2.69. The van der Waals surface area contributed by atoms with Gasteiger partial charge in [0.25, 0.3) is 5.56 Å². The first kappa shape index (κ1) is 10.8. The van der Waals surface area contributed by atoms with Gasteiger partial charge in [-0.15, -0.1) is 0 Å². The highest BCUT2D eigenvalue weighted by Crippen LogP contribution is 2.13. The van der Waals surface area contributed by atoms with Gasteiger partial charge in [0.1, 0.15) is 0 Å².